The fraction of sp³-hybridized carbons (Fsp3) is 0.400. The molecule has 1 saturated heterocycles. The van der Waals surface area contributed by atoms with E-state index < -0.39 is 0 Å². The third kappa shape index (κ3) is 2.46. The number of nitrogens with two attached hydrogens (primary N) is 1. The monoisotopic (exact) mass is 334 g/mol. The summed E-state index contributed by atoms with van der Waals surface area (Å²) in [5, 5.41) is 0. The molecule has 0 aromatic heterocycles. The molecule has 2 N–H and O–H groups in total. The van der Waals surface area contributed by atoms with E-state index in [2.05, 4.69) is 36.8 Å². The molecule has 82 valence electrons. The van der Waals surface area contributed by atoms with Gasteiger partial charge in [-0.2, -0.15) is 0 Å². The molecule has 1 fully saturated rings. The summed E-state index contributed by atoms with van der Waals surface area (Å²) in [6, 6.07) is 3.85. The van der Waals surface area contributed by atoms with Crippen molar-refractivity contribution in [2.24, 2.45) is 0 Å². The molecule has 0 spiro atoms. The number of nitrogens with zero attached hydrogens (tertiary/aromatic N) is 1. The summed E-state index contributed by atoms with van der Waals surface area (Å²) in [7, 11) is 0. The van der Waals surface area contributed by atoms with Crippen molar-refractivity contribution in [3.8, 4) is 0 Å². The number of anilines is 2. The van der Waals surface area contributed by atoms with Gasteiger partial charge in [0.1, 0.15) is 0 Å². The van der Waals surface area contributed by atoms with Gasteiger partial charge in [-0.25, -0.2) is 0 Å². The lowest BCUT2D eigenvalue weighted by Crippen LogP contribution is -2.36. The van der Waals surface area contributed by atoms with Crippen LogP contribution in [0, 0.1) is 0 Å². The molecule has 15 heavy (non-hydrogen) atoms. The largest absolute Gasteiger partial charge is 0.399 e. The molecule has 0 unspecified atom stereocenters. The second-order valence-electron chi connectivity index (χ2n) is 3.43. The number of nitrogen functional groups attached to an aromatic ring is 1. The van der Waals surface area contributed by atoms with Crippen LogP contribution in [0.25, 0.3) is 0 Å². The zero-order chi connectivity index (χ0) is 10.8. The van der Waals surface area contributed by atoms with Crippen molar-refractivity contribution in [2.45, 2.75) is 0 Å². The summed E-state index contributed by atoms with van der Waals surface area (Å²) in [5.74, 6) is 0. The van der Waals surface area contributed by atoms with Crippen LogP contribution >= 0.6 is 31.9 Å². The third-order valence-electron chi connectivity index (χ3n) is 2.37. The minimum atomic E-state index is 0.755. The molecule has 3 nitrogen and oxygen atoms in total. The topological polar surface area (TPSA) is 38.5 Å². The van der Waals surface area contributed by atoms with Crippen molar-refractivity contribution >= 4 is 43.2 Å². The highest BCUT2D eigenvalue weighted by atomic mass is 79.9. The van der Waals surface area contributed by atoms with Crippen molar-refractivity contribution in [2.75, 3.05) is 36.9 Å². The van der Waals surface area contributed by atoms with Crippen LogP contribution in [-0.4, -0.2) is 26.3 Å². The van der Waals surface area contributed by atoms with Crippen LogP contribution in [0.15, 0.2) is 21.1 Å². The van der Waals surface area contributed by atoms with Crippen LogP contribution in [0.3, 0.4) is 0 Å². The summed E-state index contributed by atoms with van der Waals surface area (Å²) in [5.41, 5.74) is 7.67. The van der Waals surface area contributed by atoms with Gasteiger partial charge in [-0.15, -0.1) is 0 Å². The van der Waals surface area contributed by atoms with Gasteiger partial charge in [0.05, 0.1) is 18.9 Å². The summed E-state index contributed by atoms with van der Waals surface area (Å²) in [6.07, 6.45) is 0. The van der Waals surface area contributed by atoms with Crippen molar-refractivity contribution in [3.05, 3.63) is 21.1 Å². The number of ether oxygens (including phenoxy) is 1. The molecule has 1 heterocycles. The molecule has 0 bridgehead atoms. The number of hydrogen-bond donors (Lipinski definition) is 1. The molecule has 2 rings (SSSR count). The zero-order valence-electron chi connectivity index (χ0n) is 8.17. The first-order valence-electron chi connectivity index (χ1n) is 4.75. The van der Waals surface area contributed by atoms with Crippen LogP contribution in [-0.2, 0) is 4.74 Å². The standard InChI is InChI=1S/C10H12Br2N2O/c11-8-5-7(13)6-9(12)10(8)14-1-3-15-4-2-14/h5-6H,1-4,13H2. The summed E-state index contributed by atoms with van der Waals surface area (Å²) < 4.78 is 7.38. The van der Waals surface area contributed by atoms with Crippen LogP contribution in [0.4, 0.5) is 11.4 Å². The van der Waals surface area contributed by atoms with E-state index in [4.69, 9.17) is 10.5 Å². The minimum Gasteiger partial charge on any atom is -0.399 e. The number of halogens is 2. The quantitative estimate of drug-likeness (QED) is 0.802. The van der Waals surface area contributed by atoms with E-state index in [1.54, 1.807) is 0 Å². The van der Waals surface area contributed by atoms with E-state index in [9.17, 15) is 0 Å². The Morgan fingerprint density at radius 2 is 1.67 bits per heavy atom. The predicted octanol–water partition coefficient (Wildman–Crippen LogP) is 2.63. The van der Waals surface area contributed by atoms with Gasteiger partial charge in [-0.05, 0) is 44.0 Å². The Kier molecular flexibility index (Phi) is 3.53. The maximum Gasteiger partial charge on any atom is 0.0658 e. The molecule has 1 aromatic rings. The third-order valence-corrected chi connectivity index (χ3v) is 3.58. The Morgan fingerprint density at radius 3 is 2.20 bits per heavy atom. The summed E-state index contributed by atoms with van der Waals surface area (Å²) >= 11 is 7.08. The molecule has 0 radical (unpaired) electrons. The van der Waals surface area contributed by atoms with Gasteiger partial charge in [0.15, 0.2) is 0 Å². The van der Waals surface area contributed by atoms with Crippen LogP contribution in [0.5, 0.6) is 0 Å². The van der Waals surface area contributed by atoms with Gasteiger partial charge in [0, 0.05) is 27.7 Å². The molecule has 0 amide bonds. The second kappa shape index (κ2) is 4.72. The van der Waals surface area contributed by atoms with Gasteiger partial charge in [0.25, 0.3) is 0 Å². The van der Waals surface area contributed by atoms with Crippen LogP contribution in [0.1, 0.15) is 0 Å². The SMILES string of the molecule is Nc1cc(Br)c(N2CCOCC2)c(Br)c1. The van der Waals surface area contributed by atoms with E-state index in [1.807, 2.05) is 12.1 Å². The average molecular weight is 336 g/mol. The Bertz CT molecular complexity index is 341. The Hall–Kier alpha value is -0.260. The van der Waals surface area contributed by atoms with Gasteiger partial charge in [-0.3, -0.25) is 0 Å². The van der Waals surface area contributed by atoms with Gasteiger partial charge < -0.3 is 15.4 Å². The molecular weight excluding hydrogens is 324 g/mol. The molecule has 0 atom stereocenters. The predicted molar refractivity (Wildman–Crippen MR) is 69.3 cm³/mol. The van der Waals surface area contributed by atoms with E-state index in [0.29, 0.717) is 0 Å². The van der Waals surface area contributed by atoms with Crippen molar-refractivity contribution in [3.63, 3.8) is 0 Å². The van der Waals surface area contributed by atoms with Gasteiger partial charge in [0.2, 0.25) is 0 Å². The first kappa shape index (κ1) is 11.2. The lowest BCUT2D eigenvalue weighted by Gasteiger charge is -2.30. The highest BCUT2D eigenvalue weighted by molar-refractivity contribution is 9.11. The number of morpholine rings is 1. The lowest BCUT2D eigenvalue weighted by molar-refractivity contribution is 0.122. The molecule has 1 aliphatic rings. The number of rotatable bonds is 1. The van der Waals surface area contributed by atoms with E-state index in [1.165, 1.54) is 0 Å². The minimum absolute atomic E-state index is 0.755. The van der Waals surface area contributed by atoms with E-state index in [0.717, 1.165) is 46.6 Å². The fourth-order valence-electron chi connectivity index (χ4n) is 1.67. The summed E-state index contributed by atoms with van der Waals surface area (Å²) in [4.78, 5) is 2.29. The van der Waals surface area contributed by atoms with Gasteiger partial charge in [-0.1, -0.05) is 0 Å². The van der Waals surface area contributed by atoms with Gasteiger partial charge >= 0.3 is 0 Å². The first-order valence-corrected chi connectivity index (χ1v) is 6.34. The smallest absolute Gasteiger partial charge is 0.0658 e. The zero-order valence-corrected chi connectivity index (χ0v) is 11.3. The lowest BCUT2D eigenvalue weighted by atomic mass is 10.2. The Morgan fingerprint density at radius 1 is 1.13 bits per heavy atom. The second-order valence-corrected chi connectivity index (χ2v) is 5.14. The van der Waals surface area contributed by atoms with Crippen molar-refractivity contribution in [1.29, 1.82) is 0 Å². The fourth-order valence-corrected chi connectivity index (χ4v) is 3.40. The molecule has 0 aliphatic carbocycles. The normalized spacial score (nSPS) is 16.8. The maximum atomic E-state index is 5.75. The molecule has 5 heteroatoms. The molecule has 1 aliphatic heterocycles. The van der Waals surface area contributed by atoms with Crippen LogP contribution < -0.4 is 10.6 Å². The number of benzene rings is 1. The highest BCUT2D eigenvalue weighted by Crippen LogP contribution is 2.36. The van der Waals surface area contributed by atoms with Crippen LogP contribution in [0.2, 0.25) is 0 Å². The Balaban J connectivity index is 2.33. The molecule has 0 saturated carbocycles. The van der Waals surface area contributed by atoms with E-state index >= 15 is 0 Å². The molecule has 1 aromatic carbocycles. The molecular formula is C10H12Br2N2O. The van der Waals surface area contributed by atoms with Crippen molar-refractivity contribution in [1.82, 2.24) is 0 Å². The number of hydrogen-bond acceptors (Lipinski definition) is 3. The highest BCUT2D eigenvalue weighted by Gasteiger charge is 2.17. The van der Waals surface area contributed by atoms with Crippen molar-refractivity contribution < 1.29 is 4.74 Å². The Labute approximate surface area is 106 Å². The maximum absolute atomic E-state index is 5.75. The summed E-state index contributed by atoms with van der Waals surface area (Å²) in [6.45, 7) is 3.40. The van der Waals surface area contributed by atoms with E-state index in [-0.39, 0.29) is 0 Å². The average Bonchev–Trinajstić information content (AvgIpc) is 2.17. The first-order chi connectivity index (χ1) is 7.18.